The van der Waals surface area contributed by atoms with Crippen LogP contribution in [0.4, 0.5) is 0 Å². The van der Waals surface area contributed by atoms with Gasteiger partial charge in [0.15, 0.2) is 0 Å². The highest BCUT2D eigenvalue weighted by atomic mass is 16.4. The molecule has 0 unspecified atom stereocenters. The van der Waals surface area contributed by atoms with E-state index in [1.54, 1.807) is 17.6 Å². The zero-order valence-corrected chi connectivity index (χ0v) is 10.2. The lowest BCUT2D eigenvalue weighted by molar-refractivity contribution is 0.0693. The van der Waals surface area contributed by atoms with Gasteiger partial charge in [-0.2, -0.15) is 0 Å². The van der Waals surface area contributed by atoms with Gasteiger partial charge in [0.25, 0.3) is 5.56 Å². The summed E-state index contributed by atoms with van der Waals surface area (Å²) in [6, 6.07) is 1.78. The minimum Gasteiger partial charge on any atom is -0.477 e. The molecule has 4 nitrogen and oxygen atoms in total. The zero-order valence-electron chi connectivity index (χ0n) is 10.2. The third kappa shape index (κ3) is 2.12. The molecular formula is C13H17NO3. The Labute approximate surface area is 99.9 Å². The maximum atomic E-state index is 12.1. The smallest absolute Gasteiger partial charge is 0.341 e. The Kier molecular flexibility index (Phi) is 3.05. The molecule has 2 rings (SSSR count). The highest BCUT2D eigenvalue weighted by Crippen LogP contribution is 2.27. The molecule has 0 aromatic carbocycles. The summed E-state index contributed by atoms with van der Waals surface area (Å²) in [5.41, 5.74) is 0.950. The number of pyridine rings is 1. The van der Waals surface area contributed by atoms with Crippen LogP contribution in [0.3, 0.4) is 0 Å². The van der Waals surface area contributed by atoms with E-state index >= 15 is 0 Å². The Balaban J connectivity index is 2.46. The van der Waals surface area contributed by atoms with Crippen LogP contribution in [-0.2, 0) is 6.54 Å². The van der Waals surface area contributed by atoms with Gasteiger partial charge in [0.05, 0.1) is 0 Å². The quantitative estimate of drug-likeness (QED) is 0.871. The average Bonchev–Trinajstić information content (AvgIpc) is 2.12. The van der Waals surface area contributed by atoms with Gasteiger partial charge in [0.1, 0.15) is 5.56 Å². The molecule has 92 valence electrons. The van der Waals surface area contributed by atoms with Gasteiger partial charge >= 0.3 is 5.97 Å². The van der Waals surface area contributed by atoms with Crippen molar-refractivity contribution >= 4 is 5.97 Å². The second-order valence-electron chi connectivity index (χ2n) is 4.86. The molecule has 0 amide bonds. The molecule has 1 aliphatic rings. The number of carbonyl (C=O) groups is 1. The third-order valence-corrected chi connectivity index (χ3v) is 3.58. The van der Waals surface area contributed by atoms with Crippen molar-refractivity contribution in [3.63, 3.8) is 0 Å². The fourth-order valence-electron chi connectivity index (χ4n) is 2.35. The summed E-state index contributed by atoms with van der Waals surface area (Å²) < 4.78 is 1.61. The first-order chi connectivity index (χ1) is 8.00. The maximum absolute atomic E-state index is 12.1. The molecule has 0 aliphatic heterocycles. The Morgan fingerprint density at radius 3 is 2.59 bits per heavy atom. The highest BCUT2D eigenvalue weighted by molar-refractivity contribution is 5.88. The molecule has 1 saturated carbocycles. The number of aryl methyl sites for hydroxylation is 2. The molecule has 0 atom stereocenters. The van der Waals surface area contributed by atoms with E-state index in [1.807, 2.05) is 6.92 Å². The van der Waals surface area contributed by atoms with Crippen LogP contribution in [0.1, 0.15) is 40.9 Å². The van der Waals surface area contributed by atoms with E-state index < -0.39 is 5.97 Å². The van der Waals surface area contributed by atoms with E-state index in [9.17, 15) is 9.59 Å². The summed E-state index contributed by atoms with van der Waals surface area (Å²) in [5.74, 6) is -0.592. The number of hydrogen-bond donors (Lipinski definition) is 1. The first-order valence-electron chi connectivity index (χ1n) is 5.95. The number of aromatic nitrogens is 1. The van der Waals surface area contributed by atoms with Crippen LogP contribution in [0.15, 0.2) is 10.9 Å². The predicted molar refractivity (Wildman–Crippen MR) is 64.5 cm³/mol. The van der Waals surface area contributed by atoms with Gasteiger partial charge < -0.3 is 9.67 Å². The topological polar surface area (TPSA) is 59.3 Å². The van der Waals surface area contributed by atoms with Gasteiger partial charge in [-0.3, -0.25) is 4.79 Å². The van der Waals surface area contributed by atoms with Gasteiger partial charge in [-0.25, -0.2) is 4.79 Å². The lowest BCUT2D eigenvalue weighted by Crippen LogP contribution is -2.33. The van der Waals surface area contributed by atoms with Gasteiger partial charge in [-0.05, 0) is 44.2 Å². The molecule has 1 fully saturated rings. The number of rotatable bonds is 3. The molecule has 0 saturated heterocycles. The van der Waals surface area contributed by atoms with E-state index in [2.05, 4.69) is 0 Å². The van der Waals surface area contributed by atoms with E-state index in [1.165, 1.54) is 6.42 Å². The number of hydrogen-bond acceptors (Lipinski definition) is 2. The van der Waals surface area contributed by atoms with Crippen LogP contribution in [0.2, 0.25) is 0 Å². The average molecular weight is 235 g/mol. The molecule has 1 aromatic rings. The van der Waals surface area contributed by atoms with Gasteiger partial charge in [-0.1, -0.05) is 6.42 Å². The molecule has 0 bridgehead atoms. The van der Waals surface area contributed by atoms with E-state index in [-0.39, 0.29) is 11.1 Å². The fourth-order valence-corrected chi connectivity index (χ4v) is 2.35. The molecule has 0 spiro atoms. The van der Waals surface area contributed by atoms with E-state index in [0.717, 1.165) is 18.5 Å². The number of carboxylic acids is 1. The van der Waals surface area contributed by atoms with Gasteiger partial charge in [0, 0.05) is 12.2 Å². The first kappa shape index (κ1) is 11.9. The van der Waals surface area contributed by atoms with Crippen LogP contribution in [0, 0.1) is 19.8 Å². The van der Waals surface area contributed by atoms with Crippen molar-refractivity contribution in [2.24, 2.45) is 5.92 Å². The van der Waals surface area contributed by atoms with Crippen molar-refractivity contribution < 1.29 is 9.90 Å². The summed E-state index contributed by atoms with van der Waals surface area (Å²) in [5, 5.41) is 9.05. The van der Waals surface area contributed by atoms with Crippen LogP contribution in [0.5, 0.6) is 0 Å². The molecule has 17 heavy (non-hydrogen) atoms. The first-order valence-corrected chi connectivity index (χ1v) is 5.95. The standard InChI is InChI=1S/C13H17NO3/c1-8-6-9(2)14(7-10-4-3-5-10)12(15)11(8)13(16)17/h6,10H,3-5,7H2,1-2H3,(H,16,17). The van der Waals surface area contributed by atoms with Crippen LogP contribution in [-0.4, -0.2) is 15.6 Å². The molecular weight excluding hydrogens is 218 g/mol. The SMILES string of the molecule is Cc1cc(C)n(CC2CCC2)c(=O)c1C(=O)O. The zero-order chi connectivity index (χ0) is 12.6. The van der Waals surface area contributed by atoms with Crippen molar-refractivity contribution in [3.05, 3.63) is 33.2 Å². The van der Waals surface area contributed by atoms with E-state index in [0.29, 0.717) is 18.0 Å². The fraction of sp³-hybridized carbons (Fsp3) is 0.538. The molecule has 4 heteroatoms. The molecule has 1 N–H and O–H groups in total. The van der Waals surface area contributed by atoms with E-state index in [4.69, 9.17) is 5.11 Å². The number of carboxylic acid groups (broad SMARTS) is 1. The summed E-state index contributed by atoms with van der Waals surface area (Å²) in [6.07, 6.45) is 3.50. The molecule has 1 heterocycles. The van der Waals surface area contributed by atoms with Crippen LogP contribution < -0.4 is 5.56 Å². The highest BCUT2D eigenvalue weighted by Gasteiger charge is 2.22. The largest absolute Gasteiger partial charge is 0.477 e. The predicted octanol–water partition coefficient (Wildman–Crippen LogP) is 1.96. The minimum atomic E-state index is -1.13. The van der Waals surface area contributed by atoms with Gasteiger partial charge in [-0.15, -0.1) is 0 Å². The van der Waals surface area contributed by atoms with Crippen LogP contribution in [0.25, 0.3) is 0 Å². The molecule has 1 aliphatic carbocycles. The molecule has 1 aromatic heterocycles. The molecule has 0 radical (unpaired) electrons. The lowest BCUT2D eigenvalue weighted by atomic mass is 9.85. The Morgan fingerprint density at radius 1 is 1.47 bits per heavy atom. The monoisotopic (exact) mass is 235 g/mol. The summed E-state index contributed by atoms with van der Waals surface area (Å²) >= 11 is 0. The number of aromatic carboxylic acids is 1. The summed E-state index contributed by atoms with van der Waals surface area (Å²) in [6.45, 7) is 4.19. The summed E-state index contributed by atoms with van der Waals surface area (Å²) in [7, 11) is 0. The summed E-state index contributed by atoms with van der Waals surface area (Å²) in [4.78, 5) is 23.2. The van der Waals surface area contributed by atoms with Crippen molar-refractivity contribution in [2.75, 3.05) is 0 Å². The third-order valence-electron chi connectivity index (χ3n) is 3.58. The lowest BCUT2D eigenvalue weighted by Gasteiger charge is -2.27. The Hall–Kier alpha value is -1.58. The Morgan fingerprint density at radius 2 is 2.12 bits per heavy atom. The second kappa shape index (κ2) is 4.35. The van der Waals surface area contributed by atoms with Crippen molar-refractivity contribution in [2.45, 2.75) is 39.7 Å². The maximum Gasteiger partial charge on any atom is 0.341 e. The normalized spacial score (nSPS) is 15.6. The second-order valence-corrected chi connectivity index (χ2v) is 4.86. The van der Waals surface area contributed by atoms with Crippen molar-refractivity contribution in [3.8, 4) is 0 Å². The minimum absolute atomic E-state index is 0.0880. The number of nitrogens with zero attached hydrogens (tertiary/aromatic N) is 1. The van der Waals surface area contributed by atoms with Crippen molar-refractivity contribution in [1.82, 2.24) is 4.57 Å². The van der Waals surface area contributed by atoms with Gasteiger partial charge in [0.2, 0.25) is 0 Å². The van der Waals surface area contributed by atoms with Crippen molar-refractivity contribution in [1.29, 1.82) is 0 Å². The Bertz CT molecular complexity index is 512. The van der Waals surface area contributed by atoms with Crippen LogP contribution >= 0.6 is 0 Å².